The molecule has 0 spiro atoms. The van der Waals surface area contributed by atoms with E-state index in [1.54, 1.807) is 0 Å². The van der Waals surface area contributed by atoms with Crippen LogP contribution in [0.3, 0.4) is 0 Å². The molecular weight excluding hydrogens is 200 g/mol. The molecule has 1 aliphatic carbocycles. The number of urea groups is 1. The minimum Gasteiger partial charge on any atom is -0.338 e. The molecule has 1 N–H and O–H groups in total. The molecule has 0 heterocycles. The fourth-order valence-electron chi connectivity index (χ4n) is 1.71. The summed E-state index contributed by atoms with van der Waals surface area (Å²) in [6, 6.07) is 0.678. The van der Waals surface area contributed by atoms with Crippen LogP contribution in [0.5, 0.6) is 0 Å². The van der Waals surface area contributed by atoms with Gasteiger partial charge in [-0.1, -0.05) is 27.2 Å². The molecule has 1 rings (SSSR count). The van der Waals surface area contributed by atoms with Crippen molar-refractivity contribution < 1.29 is 4.79 Å². The first-order chi connectivity index (χ1) is 7.65. The maximum Gasteiger partial charge on any atom is 0.317 e. The van der Waals surface area contributed by atoms with Crippen LogP contribution in [0, 0.1) is 5.92 Å². The zero-order valence-electron chi connectivity index (χ0n) is 11.0. The van der Waals surface area contributed by atoms with Crippen LogP contribution in [-0.2, 0) is 0 Å². The minimum atomic E-state index is 0.150. The highest BCUT2D eigenvalue weighted by Crippen LogP contribution is 2.27. The molecule has 1 fully saturated rings. The Morgan fingerprint density at radius 3 is 2.62 bits per heavy atom. The zero-order valence-corrected chi connectivity index (χ0v) is 11.0. The van der Waals surface area contributed by atoms with Gasteiger partial charge in [-0.3, -0.25) is 0 Å². The van der Waals surface area contributed by atoms with Gasteiger partial charge in [-0.15, -0.1) is 0 Å². The predicted octanol–water partition coefficient (Wildman–Crippen LogP) is 3.01. The van der Waals surface area contributed by atoms with Crippen LogP contribution in [0.15, 0.2) is 0 Å². The number of carbonyl (C=O) groups is 1. The molecule has 0 aromatic heterocycles. The Morgan fingerprint density at radius 1 is 1.44 bits per heavy atom. The molecule has 0 unspecified atom stereocenters. The standard InChI is InChI=1S/C13H26N2O/c1-4-5-9-14-13(16)15(12-6-7-12)10-8-11(2)3/h11-12H,4-10H2,1-3H3,(H,14,16). The molecule has 0 aromatic rings. The molecule has 1 aliphatic rings. The van der Waals surface area contributed by atoms with E-state index >= 15 is 0 Å². The molecule has 2 amide bonds. The average molecular weight is 226 g/mol. The molecule has 3 heteroatoms. The number of hydrogen-bond acceptors (Lipinski definition) is 1. The highest BCUT2D eigenvalue weighted by atomic mass is 16.2. The van der Waals surface area contributed by atoms with Gasteiger partial charge in [0, 0.05) is 19.1 Å². The normalized spacial score (nSPS) is 15.2. The summed E-state index contributed by atoms with van der Waals surface area (Å²) < 4.78 is 0. The summed E-state index contributed by atoms with van der Waals surface area (Å²) in [5, 5.41) is 3.02. The molecule has 0 saturated heterocycles. The molecule has 94 valence electrons. The second kappa shape index (κ2) is 6.77. The van der Waals surface area contributed by atoms with E-state index in [1.165, 1.54) is 12.8 Å². The van der Waals surface area contributed by atoms with Gasteiger partial charge in [0.25, 0.3) is 0 Å². The monoisotopic (exact) mass is 226 g/mol. The lowest BCUT2D eigenvalue weighted by atomic mass is 10.1. The third-order valence-corrected chi connectivity index (χ3v) is 3.00. The van der Waals surface area contributed by atoms with E-state index in [2.05, 4.69) is 26.1 Å². The molecule has 1 saturated carbocycles. The maximum absolute atomic E-state index is 11.9. The van der Waals surface area contributed by atoms with Gasteiger partial charge < -0.3 is 10.2 Å². The Balaban J connectivity index is 2.28. The molecule has 0 radical (unpaired) electrons. The number of hydrogen-bond donors (Lipinski definition) is 1. The Bertz CT molecular complexity index is 212. The van der Waals surface area contributed by atoms with Crippen LogP contribution in [0.1, 0.15) is 52.9 Å². The Morgan fingerprint density at radius 2 is 2.12 bits per heavy atom. The number of carbonyl (C=O) groups excluding carboxylic acids is 1. The topological polar surface area (TPSA) is 32.3 Å². The SMILES string of the molecule is CCCCNC(=O)N(CCC(C)C)C1CC1. The van der Waals surface area contributed by atoms with Crippen molar-refractivity contribution in [2.75, 3.05) is 13.1 Å². The fourth-order valence-corrected chi connectivity index (χ4v) is 1.71. The van der Waals surface area contributed by atoms with Gasteiger partial charge in [0.2, 0.25) is 0 Å². The van der Waals surface area contributed by atoms with Gasteiger partial charge in [0.1, 0.15) is 0 Å². The van der Waals surface area contributed by atoms with E-state index < -0.39 is 0 Å². The van der Waals surface area contributed by atoms with Crippen molar-refractivity contribution in [3.8, 4) is 0 Å². The molecule has 16 heavy (non-hydrogen) atoms. The first-order valence-corrected chi connectivity index (χ1v) is 6.69. The van der Waals surface area contributed by atoms with Crippen LogP contribution in [0.2, 0.25) is 0 Å². The van der Waals surface area contributed by atoms with E-state index in [0.717, 1.165) is 32.4 Å². The van der Waals surface area contributed by atoms with Crippen molar-refractivity contribution in [2.45, 2.75) is 58.9 Å². The zero-order chi connectivity index (χ0) is 12.0. The average Bonchev–Trinajstić information content (AvgIpc) is 3.02. The minimum absolute atomic E-state index is 0.150. The summed E-state index contributed by atoms with van der Waals surface area (Å²) in [7, 11) is 0. The number of nitrogens with zero attached hydrogens (tertiary/aromatic N) is 1. The van der Waals surface area contributed by atoms with Crippen molar-refractivity contribution in [1.29, 1.82) is 0 Å². The quantitative estimate of drug-likeness (QED) is 0.665. The van der Waals surface area contributed by atoms with Crippen LogP contribution < -0.4 is 5.32 Å². The summed E-state index contributed by atoms with van der Waals surface area (Å²) in [6.07, 6.45) is 5.71. The summed E-state index contributed by atoms with van der Waals surface area (Å²) in [4.78, 5) is 14.0. The van der Waals surface area contributed by atoms with Crippen molar-refractivity contribution in [1.82, 2.24) is 10.2 Å². The third kappa shape index (κ3) is 4.86. The van der Waals surface area contributed by atoms with Crippen molar-refractivity contribution in [2.24, 2.45) is 5.92 Å². The van der Waals surface area contributed by atoms with E-state index in [4.69, 9.17) is 0 Å². The van der Waals surface area contributed by atoms with Crippen molar-refractivity contribution >= 4 is 6.03 Å². The van der Waals surface area contributed by atoms with Crippen LogP contribution in [-0.4, -0.2) is 30.1 Å². The Hall–Kier alpha value is -0.730. The van der Waals surface area contributed by atoms with E-state index in [-0.39, 0.29) is 6.03 Å². The second-order valence-corrected chi connectivity index (χ2v) is 5.19. The molecule has 0 atom stereocenters. The lowest BCUT2D eigenvalue weighted by Crippen LogP contribution is -2.42. The summed E-state index contributed by atoms with van der Waals surface area (Å²) in [5.74, 6) is 0.671. The maximum atomic E-state index is 11.9. The smallest absolute Gasteiger partial charge is 0.317 e. The first-order valence-electron chi connectivity index (χ1n) is 6.69. The third-order valence-electron chi connectivity index (χ3n) is 3.00. The van der Waals surface area contributed by atoms with E-state index in [0.29, 0.717) is 12.0 Å². The van der Waals surface area contributed by atoms with Crippen LogP contribution >= 0.6 is 0 Å². The summed E-state index contributed by atoms with van der Waals surface area (Å²) in [5.41, 5.74) is 0. The Kier molecular flexibility index (Phi) is 5.64. The van der Waals surface area contributed by atoms with Crippen LogP contribution in [0.4, 0.5) is 4.79 Å². The van der Waals surface area contributed by atoms with Gasteiger partial charge in [0.05, 0.1) is 0 Å². The fraction of sp³-hybridized carbons (Fsp3) is 0.923. The number of amides is 2. The van der Waals surface area contributed by atoms with Gasteiger partial charge in [0.15, 0.2) is 0 Å². The van der Waals surface area contributed by atoms with Crippen molar-refractivity contribution in [3.63, 3.8) is 0 Å². The summed E-state index contributed by atoms with van der Waals surface area (Å²) in [6.45, 7) is 8.30. The van der Waals surface area contributed by atoms with E-state index in [9.17, 15) is 4.79 Å². The van der Waals surface area contributed by atoms with Gasteiger partial charge >= 0.3 is 6.03 Å². The molecule has 0 bridgehead atoms. The van der Waals surface area contributed by atoms with Gasteiger partial charge in [-0.25, -0.2) is 4.79 Å². The molecular formula is C13H26N2O. The predicted molar refractivity (Wildman–Crippen MR) is 67.5 cm³/mol. The van der Waals surface area contributed by atoms with Gasteiger partial charge in [-0.05, 0) is 31.6 Å². The van der Waals surface area contributed by atoms with Crippen LogP contribution in [0.25, 0.3) is 0 Å². The number of rotatable bonds is 7. The lowest BCUT2D eigenvalue weighted by molar-refractivity contribution is 0.191. The highest BCUT2D eigenvalue weighted by Gasteiger charge is 2.31. The highest BCUT2D eigenvalue weighted by molar-refractivity contribution is 5.74. The van der Waals surface area contributed by atoms with Gasteiger partial charge in [-0.2, -0.15) is 0 Å². The summed E-state index contributed by atoms with van der Waals surface area (Å²) >= 11 is 0. The number of nitrogens with one attached hydrogen (secondary N) is 1. The largest absolute Gasteiger partial charge is 0.338 e. The first kappa shape index (κ1) is 13.3. The lowest BCUT2D eigenvalue weighted by Gasteiger charge is -2.23. The second-order valence-electron chi connectivity index (χ2n) is 5.19. The number of unbranched alkanes of at least 4 members (excludes halogenated alkanes) is 1. The Labute approximate surface area is 99.6 Å². The molecule has 0 aliphatic heterocycles. The molecule has 0 aromatic carbocycles. The van der Waals surface area contributed by atoms with E-state index in [1.807, 2.05) is 4.90 Å². The molecule has 3 nitrogen and oxygen atoms in total. The van der Waals surface area contributed by atoms with Crippen molar-refractivity contribution in [3.05, 3.63) is 0 Å².